The van der Waals surface area contributed by atoms with Crippen LogP contribution in [0, 0.1) is 11.3 Å². The van der Waals surface area contributed by atoms with Crippen LogP contribution in [0.3, 0.4) is 0 Å². The summed E-state index contributed by atoms with van der Waals surface area (Å²) in [6.45, 7) is 0. The number of hydrogen-bond donors (Lipinski definition) is 0. The number of hydrogen-bond acceptors (Lipinski definition) is 5. The third-order valence-electron chi connectivity index (χ3n) is 1.92. The summed E-state index contributed by atoms with van der Waals surface area (Å²) >= 11 is 0. The van der Waals surface area contributed by atoms with Gasteiger partial charge in [-0.2, -0.15) is 5.26 Å². The maximum Gasteiger partial charge on any atom is 0.174 e. The van der Waals surface area contributed by atoms with Gasteiger partial charge in [0, 0.05) is 12.1 Å². The molecule has 0 aliphatic carbocycles. The lowest BCUT2D eigenvalue weighted by Crippen LogP contribution is -1.92. The van der Waals surface area contributed by atoms with Gasteiger partial charge in [0.15, 0.2) is 17.9 Å². The fraction of sp³-hybridized carbons (Fsp3) is 0.273. The van der Waals surface area contributed by atoms with Crippen LogP contribution in [-0.2, 0) is 4.74 Å². The molecule has 1 aromatic carbocycles. The molecule has 1 aromatic rings. The molecule has 0 saturated carbocycles. The zero-order valence-corrected chi connectivity index (χ0v) is 9.35. The molecule has 0 aromatic heterocycles. The smallest absolute Gasteiger partial charge is 0.174 e. The van der Waals surface area contributed by atoms with E-state index >= 15 is 0 Å². The minimum Gasteiger partial charge on any atom is -0.493 e. The summed E-state index contributed by atoms with van der Waals surface area (Å²) in [7, 11) is 4.52. The molecule has 1 rings (SSSR count). The van der Waals surface area contributed by atoms with Crippen molar-refractivity contribution in [3.05, 3.63) is 17.7 Å². The zero-order chi connectivity index (χ0) is 12.0. The van der Waals surface area contributed by atoms with Crippen molar-refractivity contribution >= 4 is 12.1 Å². The Bertz CT molecular complexity index is 436. The fourth-order valence-corrected chi connectivity index (χ4v) is 1.17. The van der Waals surface area contributed by atoms with Gasteiger partial charge in [0.05, 0.1) is 32.6 Å². The van der Waals surface area contributed by atoms with Gasteiger partial charge >= 0.3 is 0 Å². The molecule has 0 radical (unpaired) electrons. The summed E-state index contributed by atoms with van der Waals surface area (Å²) in [5.41, 5.74) is 0.868. The first-order chi connectivity index (χ1) is 7.76. The molecular formula is C11H12N2O3. The maximum atomic E-state index is 8.94. The Kier molecular flexibility index (Phi) is 4.16. The normalized spacial score (nSPS) is 9.88. The Hall–Kier alpha value is -2.22. The van der Waals surface area contributed by atoms with Crippen LogP contribution >= 0.6 is 0 Å². The molecule has 0 atom stereocenters. The van der Waals surface area contributed by atoms with E-state index in [2.05, 4.69) is 4.99 Å². The number of rotatable bonds is 4. The third kappa shape index (κ3) is 2.42. The lowest BCUT2D eigenvalue weighted by molar-refractivity contribution is 0.355. The van der Waals surface area contributed by atoms with Crippen molar-refractivity contribution in [1.29, 1.82) is 5.26 Å². The van der Waals surface area contributed by atoms with Crippen LogP contribution in [0.1, 0.15) is 5.56 Å². The predicted octanol–water partition coefficient (Wildman–Crippen LogP) is 1.88. The first-order valence-corrected chi connectivity index (χ1v) is 4.48. The van der Waals surface area contributed by atoms with E-state index in [1.165, 1.54) is 27.7 Å². The highest BCUT2D eigenvalue weighted by Crippen LogP contribution is 2.34. The van der Waals surface area contributed by atoms with Gasteiger partial charge in [-0.15, -0.1) is 0 Å². The van der Waals surface area contributed by atoms with Gasteiger partial charge in [0.25, 0.3) is 0 Å². The minimum atomic E-state index is 0.394. The van der Waals surface area contributed by atoms with Crippen LogP contribution < -0.4 is 9.47 Å². The molecule has 16 heavy (non-hydrogen) atoms. The number of aliphatic imine (C=N–C) groups is 1. The molecule has 0 N–H and O–H groups in total. The summed E-state index contributed by atoms with van der Waals surface area (Å²) in [5, 5.41) is 8.94. The molecule has 0 amide bonds. The monoisotopic (exact) mass is 220 g/mol. The maximum absolute atomic E-state index is 8.94. The van der Waals surface area contributed by atoms with E-state index in [0.717, 1.165) is 0 Å². The second kappa shape index (κ2) is 5.61. The van der Waals surface area contributed by atoms with E-state index in [-0.39, 0.29) is 0 Å². The number of methoxy groups -OCH3 is 3. The van der Waals surface area contributed by atoms with Crippen LogP contribution in [0.4, 0.5) is 5.69 Å². The summed E-state index contributed by atoms with van der Waals surface area (Å²) in [5.74, 6) is 1.01. The SMILES string of the molecule is COC=Nc1cc(OC)c(OC)cc1C#N. The number of ether oxygens (including phenoxy) is 3. The number of nitrogens with zero attached hydrogens (tertiary/aromatic N) is 2. The quantitative estimate of drug-likeness (QED) is 0.574. The molecule has 0 spiro atoms. The van der Waals surface area contributed by atoms with Gasteiger partial charge in [-0.05, 0) is 0 Å². The van der Waals surface area contributed by atoms with Crippen molar-refractivity contribution in [1.82, 2.24) is 0 Å². The zero-order valence-electron chi connectivity index (χ0n) is 9.35. The second-order valence-electron chi connectivity index (χ2n) is 2.81. The second-order valence-corrected chi connectivity index (χ2v) is 2.81. The molecule has 84 valence electrons. The number of nitriles is 1. The topological polar surface area (TPSA) is 63.8 Å². The molecule has 0 bridgehead atoms. The molecule has 0 aliphatic heterocycles. The first kappa shape index (κ1) is 11.9. The first-order valence-electron chi connectivity index (χ1n) is 4.48. The van der Waals surface area contributed by atoms with Gasteiger partial charge < -0.3 is 14.2 Å². The summed E-state index contributed by atoms with van der Waals surface area (Å²) in [6.07, 6.45) is 1.25. The lowest BCUT2D eigenvalue weighted by Gasteiger charge is -2.08. The van der Waals surface area contributed by atoms with Crippen LogP contribution in [0.2, 0.25) is 0 Å². The van der Waals surface area contributed by atoms with E-state index in [1.807, 2.05) is 6.07 Å². The molecule has 5 nitrogen and oxygen atoms in total. The largest absolute Gasteiger partial charge is 0.493 e. The highest BCUT2D eigenvalue weighted by Gasteiger charge is 2.09. The van der Waals surface area contributed by atoms with Crippen molar-refractivity contribution < 1.29 is 14.2 Å². The Balaban J connectivity index is 3.27. The van der Waals surface area contributed by atoms with Crippen LogP contribution in [-0.4, -0.2) is 27.7 Å². The number of benzene rings is 1. The van der Waals surface area contributed by atoms with Crippen molar-refractivity contribution in [3.8, 4) is 17.6 Å². The highest BCUT2D eigenvalue weighted by atomic mass is 16.5. The Morgan fingerprint density at radius 3 is 2.31 bits per heavy atom. The van der Waals surface area contributed by atoms with E-state index < -0.39 is 0 Å². The van der Waals surface area contributed by atoms with E-state index in [0.29, 0.717) is 22.7 Å². The van der Waals surface area contributed by atoms with Gasteiger partial charge in [-0.25, -0.2) is 4.99 Å². The highest BCUT2D eigenvalue weighted by molar-refractivity contribution is 5.66. The van der Waals surface area contributed by atoms with Gasteiger partial charge in [-0.3, -0.25) is 0 Å². The van der Waals surface area contributed by atoms with Gasteiger partial charge in [0.2, 0.25) is 0 Å². The fourth-order valence-electron chi connectivity index (χ4n) is 1.17. The standard InChI is InChI=1S/C11H12N2O3/c1-14-7-13-9-5-11(16-3)10(15-2)4-8(9)6-12/h4-5,7H,1-3H3. The molecule has 0 aliphatic rings. The molecule has 0 saturated heterocycles. The summed E-state index contributed by atoms with van der Waals surface area (Å²) in [4.78, 5) is 3.97. The van der Waals surface area contributed by atoms with E-state index in [4.69, 9.17) is 19.5 Å². The predicted molar refractivity (Wildman–Crippen MR) is 59.4 cm³/mol. The Labute approximate surface area is 93.9 Å². The molecule has 0 unspecified atom stereocenters. The van der Waals surface area contributed by atoms with Crippen molar-refractivity contribution in [2.24, 2.45) is 4.99 Å². The average Bonchev–Trinajstić information content (AvgIpc) is 2.35. The Morgan fingerprint density at radius 1 is 1.19 bits per heavy atom. The molecular weight excluding hydrogens is 208 g/mol. The third-order valence-corrected chi connectivity index (χ3v) is 1.92. The lowest BCUT2D eigenvalue weighted by atomic mass is 10.1. The van der Waals surface area contributed by atoms with Crippen LogP contribution in [0.15, 0.2) is 17.1 Å². The van der Waals surface area contributed by atoms with Gasteiger partial charge in [-0.1, -0.05) is 0 Å². The Morgan fingerprint density at radius 2 is 1.81 bits per heavy atom. The average molecular weight is 220 g/mol. The summed E-state index contributed by atoms with van der Waals surface area (Å²) < 4.78 is 14.9. The van der Waals surface area contributed by atoms with E-state index in [9.17, 15) is 0 Å². The molecule has 0 fully saturated rings. The van der Waals surface area contributed by atoms with Crippen LogP contribution in [0.25, 0.3) is 0 Å². The summed E-state index contributed by atoms with van der Waals surface area (Å²) in [6, 6.07) is 5.21. The molecule has 0 heterocycles. The van der Waals surface area contributed by atoms with Crippen LogP contribution in [0.5, 0.6) is 11.5 Å². The van der Waals surface area contributed by atoms with Crippen molar-refractivity contribution in [3.63, 3.8) is 0 Å². The van der Waals surface area contributed by atoms with Crippen molar-refractivity contribution in [2.45, 2.75) is 0 Å². The van der Waals surface area contributed by atoms with E-state index in [1.54, 1.807) is 12.1 Å². The van der Waals surface area contributed by atoms with Crippen molar-refractivity contribution in [2.75, 3.05) is 21.3 Å². The van der Waals surface area contributed by atoms with Gasteiger partial charge in [0.1, 0.15) is 6.07 Å². The molecule has 5 heteroatoms. The minimum absolute atomic E-state index is 0.394.